The van der Waals surface area contributed by atoms with E-state index < -0.39 is 0 Å². The highest BCUT2D eigenvalue weighted by Gasteiger charge is 2.12. The summed E-state index contributed by atoms with van der Waals surface area (Å²) in [6.45, 7) is 2.71. The van der Waals surface area contributed by atoms with Crippen molar-refractivity contribution >= 4 is 28.8 Å². The average Bonchev–Trinajstić information content (AvgIpc) is 3.23. The molecule has 144 valence electrons. The molecule has 2 aromatic heterocycles. The molecule has 2 N–H and O–H groups in total. The summed E-state index contributed by atoms with van der Waals surface area (Å²) in [6.07, 6.45) is 5.64. The van der Waals surface area contributed by atoms with E-state index in [9.17, 15) is 0 Å². The van der Waals surface area contributed by atoms with Crippen molar-refractivity contribution in [2.24, 2.45) is 0 Å². The number of nitrogens with one attached hydrogen (secondary N) is 2. The van der Waals surface area contributed by atoms with Gasteiger partial charge in [-0.2, -0.15) is 0 Å². The first-order chi connectivity index (χ1) is 13.8. The van der Waals surface area contributed by atoms with E-state index in [4.69, 9.17) is 16.6 Å². The number of aromatic nitrogens is 1. The fourth-order valence-electron chi connectivity index (χ4n) is 3.34. The van der Waals surface area contributed by atoms with Crippen molar-refractivity contribution in [3.63, 3.8) is 0 Å². The Morgan fingerprint density at radius 3 is 2.57 bits per heavy atom. The van der Waals surface area contributed by atoms with Crippen molar-refractivity contribution in [2.75, 3.05) is 23.3 Å². The van der Waals surface area contributed by atoms with Crippen LogP contribution in [0.25, 0.3) is 11.3 Å². The molecule has 4 rings (SSSR count). The normalized spacial score (nSPS) is 13.9. The van der Waals surface area contributed by atoms with Crippen LogP contribution in [-0.4, -0.2) is 23.2 Å². The van der Waals surface area contributed by atoms with Crippen LogP contribution in [0.4, 0.5) is 11.5 Å². The molecule has 0 saturated carbocycles. The third kappa shape index (κ3) is 4.70. The number of pyridine rings is 1. The number of piperidine rings is 1. The summed E-state index contributed by atoms with van der Waals surface area (Å²) in [5.41, 5.74) is 1.94. The Labute approximate surface area is 170 Å². The van der Waals surface area contributed by atoms with E-state index in [1.165, 1.54) is 19.3 Å². The maximum atomic E-state index is 5.89. The van der Waals surface area contributed by atoms with Crippen LogP contribution in [0.15, 0.2) is 65.2 Å². The van der Waals surface area contributed by atoms with Gasteiger partial charge in [0.05, 0.1) is 18.4 Å². The van der Waals surface area contributed by atoms with Gasteiger partial charge in [-0.25, -0.2) is 4.98 Å². The molecule has 1 saturated heterocycles. The molecule has 0 bridgehead atoms. The van der Waals surface area contributed by atoms with Gasteiger partial charge in [-0.3, -0.25) is 0 Å². The zero-order valence-electron chi connectivity index (χ0n) is 15.7. The Hall–Kier alpha value is -2.86. The monoisotopic (exact) mass is 392 g/mol. The van der Waals surface area contributed by atoms with Crippen LogP contribution in [0.5, 0.6) is 0 Å². The van der Waals surface area contributed by atoms with Gasteiger partial charge < -0.3 is 20.0 Å². The summed E-state index contributed by atoms with van der Waals surface area (Å²) >= 11 is 5.39. The van der Waals surface area contributed by atoms with E-state index in [1.54, 1.807) is 0 Å². The second-order valence-corrected chi connectivity index (χ2v) is 7.30. The van der Waals surface area contributed by atoms with E-state index in [0.717, 1.165) is 41.7 Å². The lowest BCUT2D eigenvalue weighted by atomic mass is 10.1. The Bertz CT molecular complexity index is 902. The summed E-state index contributed by atoms with van der Waals surface area (Å²) in [5.74, 6) is 2.73. The highest BCUT2D eigenvalue weighted by atomic mass is 32.1. The lowest BCUT2D eigenvalue weighted by molar-refractivity contribution is 0.516. The maximum Gasteiger partial charge on any atom is 0.171 e. The molecule has 1 aliphatic heterocycles. The standard InChI is InChI=1S/C22H24N4OS/c28-22(24-16-19-10-11-20(27-19)17-7-3-1-4-8-17)25-18-9-12-21(23-15-18)26-13-5-2-6-14-26/h1,3-4,7-12,15H,2,5-6,13-14,16H2,(H2,24,25,28). The quantitative estimate of drug-likeness (QED) is 0.607. The molecule has 0 amide bonds. The molecule has 0 aliphatic carbocycles. The van der Waals surface area contributed by atoms with Gasteiger partial charge in [0, 0.05) is 18.7 Å². The first-order valence-electron chi connectivity index (χ1n) is 9.68. The smallest absolute Gasteiger partial charge is 0.171 e. The third-order valence-corrected chi connectivity index (χ3v) is 5.08. The van der Waals surface area contributed by atoms with Gasteiger partial charge >= 0.3 is 0 Å². The molecular formula is C22H24N4OS. The molecule has 3 aromatic rings. The molecule has 1 aliphatic rings. The summed E-state index contributed by atoms with van der Waals surface area (Å²) in [5, 5.41) is 6.90. The van der Waals surface area contributed by atoms with Gasteiger partial charge in [-0.15, -0.1) is 0 Å². The number of hydrogen-bond acceptors (Lipinski definition) is 4. The zero-order valence-corrected chi connectivity index (χ0v) is 16.5. The second kappa shape index (κ2) is 8.89. The summed E-state index contributed by atoms with van der Waals surface area (Å²) < 4.78 is 5.89. The first-order valence-corrected chi connectivity index (χ1v) is 10.1. The summed E-state index contributed by atoms with van der Waals surface area (Å²) in [6, 6.07) is 18.1. The van der Waals surface area contributed by atoms with Crippen LogP contribution in [0.3, 0.4) is 0 Å². The van der Waals surface area contributed by atoms with E-state index in [0.29, 0.717) is 11.7 Å². The predicted molar refractivity (Wildman–Crippen MR) is 118 cm³/mol. The Kier molecular flexibility index (Phi) is 5.87. The third-order valence-electron chi connectivity index (χ3n) is 4.83. The van der Waals surface area contributed by atoms with Crippen LogP contribution >= 0.6 is 12.2 Å². The molecule has 0 unspecified atom stereocenters. The second-order valence-electron chi connectivity index (χ2n) is 6.89. The van der Waals surface area contributed by atoms with Crippen molar-refractivity contribution in [1.29, 1.82) is 0 Å². The molecule has 1 aromatic carbocycles. The highest BCUT2D eigenvalue weighted by Crippen LogP contribution is 2.22. The Morgan fingerprint density at radius 2 is 1.82 bits per heavy atom. The van der Waals surface area contributed by atoms with Crippen molar-refractivity contribution in [2.45, 2.75) is 25.8 Å². The van der Waals surface area contributed by atoms with E-state index in [-0.39, 0.29) is 0 Å². The van der Waals surface area contributed by atoms with Gasteiger partial charge in [-0.1, -0.05) is 30.3 Å². The van der Waals surface area contributed by atoms with Crippen molar-refractivity contribution in [3.8, 4) is 11.3 Å². The lowest BCUT2D eigenvalue weighted by Gasteiger charge is -2.27. The zero-order chi connectivity index (χ0) is 19.2. The van der Waals surface area contributed by atoms with Gasteiger partial charge in [0.15, 0.2) is 5.11 Å². The molecule has 3 heterocycles. The van der Waals surface area contributed by atoms with Gasteiger partial charge in [0.25, 0.3) is 0 Å². The molecule has 28 heavy (non-hydrogen) atoms. The molecule has 5 nitrogen and oxygen atoms in total. The van der Waals surface area contributed by atoms with E-state index >= 15 is 0 Å². The van der Waals surface area contributed by atoms with Crippen LogP contribution in [-0.2, 0) is 6.54 Å². The lowest BCUT2D eigenvalue weighted by Crippen LogP contribution is -2.30. The predicted octanol–water partition coefficient (Wildman–Crippen LogP) is 4.82. The van der Waals surface area contributed by atoms with Crippen molar-refractivity contribution in [1.82, 2.24) is 10.3 Å². The topological polar surface area (TPSA) is 53.3 Å². The minimum atomic E-state index is 0.526. The van der Waals surface area contributed by atoms with Gasteiger partial charge in [-0.05, 0) is 55.7 Å². The first kappa shape index (κ1) is 18.5. The minimum Gasteiger partial charge on any atom is -0.459 e. The maximum absolute atomic E-state index is 5.89. The van der Waals surface area contributed by atoms with Crippen LogP contribution in [0.1, 0.15) is 25.0 Å². The van der Waals surface area contributed by atoms with Crippen LogP contribution in [0.2, 0.25) is 0 Å². The number of furan rings is 1. The van der Waals surface area contributed by atoms with Crippen molar-refractivity contribution < 1.29 is 4.42 Å². The molecule has 6 heteroatoms. The van der Waals surface area contributed by atoms with Gasteiger partial charge in [0.2, 0.25) is 0 Å². The number of benzene rings is 1. The average molecular weight is 393 g/mol. The molecule has 0 atom stereocenters. The number of rotatable bonds is 5. The fraction of sp³-hybridized carbons (Fsp3) is 0.273. The number of hydrogen-bond donors (Lipinski definition) is 2. The summed E-state index contributed by atoms with van der Waals surface area (Å²) in [4.78, 5) is 6.91. The summed E-state index contributed by atoms with van der Waals surface area (Å²) in [7, 11) is 0. The number of thiocarbonyl (C=S) groups is 1. The van der Waals surface area contributed by atoms with Crippen LogP contribution < -0.4 is 15.5 Å². The Morgan fingerprint density at radius 1 is 1.00 bits per heavy atom. The van der Waals surface area contributed by atoms with Crippen molar-refractivity contribution in [3.05, 3.63) is 66.6 Å². The van der Waals surface area contributed by atoms with Crippen LogP contribution in [0, 0.1) is 0 Å². The number of nitrogens with zero attached hydrogens (tertiary/aromatic N) is 2. The molecule has 1 fully saturated rings. The molecule has 0 radical (unpaired) electrons. The number of anilines is 2. The highest BCUT2D eigenvalue weighted by molar-refractivity contribution is 7.80. The fourth-order valence-corrected chi connectivity index (χ4v) is 3.53. The SMILES string of the molecule is S=C(NCc1ccc(-c2ccccc2)o1)Nc1ccc(N2CCCCC2)nc1. The minimum absolute atomic E-state index is 0.526. The van der Waals surface area contributed by atoms with E-state index in [1.807, 2.05) is 54.7 Å². The Balaban J connectivity index is 1.28. The van der Waals surface area contributed by atoms with Gasteiger partial charge in [0.1, 0.15) is 17.3 Å². The molecular weight excluding hydrogens is 368 g/mol. The molecule has 0 spiro atoms. The largest absolute Gasteiger partial charge is 0.459 e. The van der Waals surface area contributed by atoms with E-state index in [2.05, 4.69) is 26.6 Å².